The molecule has 2 N–H and O–H groups in total. The number of hydrogen-bond donors (Lipinski definition) is 2. The molecule has 0 fully saturated rings. The van der Waals surface area contributed by atoms with E-state index in [1.54, 1.807) is 6.92 Å². The van der Waals surface area contributed by atoms with Gasteiger partial charge in [-0.2, -0.15) is 0 Å². The number of carbonyl (C=O) groups is 2. The predicted octanol–water partition coefficient (Wildman–Crippen LogP) is 3.66. The fourth-order valence-corrected chi connectivity index (χ4v) is 3.50. The van der Waals surface area contributed by atoms with Gasteiger partial charge in [0.15, 0.2) is 0 Å². The molecule has 3 aromatic rings. The van der Waals surface area contributed by atoms with Gasteiger partial charge in [0.25, 0.3) is 5.91 Å². The Kier molecular flexibility index (Phi) is 6.39. The van der Waals surface area contributed by atoms with Crippen molar-refractivity contribution in [1.29, 1.82) is 0 Å². The summed E-state index contributed by atoms with van der Waals surface area (Å²) in [7, 11) is 0. The van der Waals surface area contributed by atoms with Gasteiger partial charge < -0.3 is 4.74 Å². The number of aryl methyl sites for hydroxylation is 2. The first-order valence-electron chi connectivity index (χ1n) is 8.85. The van der Waals surface area contributed by atoms with Crippen molar-refractivity contribution < 1.29 is 14.3 Å². The predicted molar refractivity (Wildman–Crippen MR) is 109 cm³/mol. The maximum Gasteiger partial charge on any atom is 0.281 e. The van der Waals surface area contributed by atoms with Crippen LogP contribution in [0.5, 0.6) is 5.75 Å². The quantitative estimate of drug-likeness (QED) is 0.624. The topological polar surface area (TPSA) is 80.3 Å². The van der Waals surface area contributed by atoms with Gasteiger partial charge in [-0.25, -0.2) is 4.98 Å². The molecule has 0 aliphatic carbocycles. The fraction of sp³-hybridized carbons (Fsp3) is 0.190. The highest BCUT2D eigenvalue weighted by molar-refractivity contribution is 7.17. The minimum atomic E-state index is -0.384. The summed E-state index contributed by atoms with van der Waals surface area (Å²) in [5, 5.41) is 0.765. The van der Waals surface area contributed by atoms with E-state index in [4.69, 9.17) is 4.74 Å². The van der Waals surface area contributed by atoms with E-state index in [9.17, 15) is 9.59 Å². The molecule has 0 bridgehead atoms. The number of carbonyl (C=O) groups excluding carboxylic acids is 2. The molecule has 3 rings (SSSR count). The molecule has 2 amide bonds. The molecule has 144 valence electrons. The Balaban J connectivity index is 1.49. The van der Waals surface area contributed by atoms with Crippen LogP contribution in [0.2, 0.25) is 0 Å². The molecule has 0 aliphatic heterocycles. The lowest BCUT2D eigenvalue weighted by molar-refractivity contribution is -0.122. The van der Waals surface area contributed by atoms with E-state index in [1.807, 2.05) is 61.5 Å². The van der Waals surface area contributed by atoms with E-state index < -0.39 is 0 Å². The number of nitrogens with zero attached hydrogens (tertiary/aromatic N) is 1. The lowest BCUT2D eigenvalue weighted by Crippen LogP contribution is -2.42. The van der Waals surface area contributed by atoms with E-state index in [0.717, 1.165) is 21.9 Å². The molecule has 6 nitrogen and oxygen atoms in total. The lowest BCUT2D eigenvalue weighted by atomic mass is 10.2. The van der Waals surface area contributed by atoms with Crippen molar-refractivity contribution in [2.45, 2.75) is 20.3 Å². The number of rotatable bonds is 6. The Bertz CT molecular complexity index is 970. The lowest BCUT2D eigenvalue weighted by Gasteiger charge is -2.09. The normalized spacial score (nSPS) is 10.4. The largest absolute Gasteiger partial charge is 0.493 e. The molecule has 7 heteroatoms. The van der Waals surface area contributed by atoms with Gasteiger partial charge in [-0.05, 0) is 25.5 Å². The van der Waals surface area contributed by atoms with Crippen molar-refractivity contribution in [2.24, 2.45) is 0 Å². The second kappa shape index (κ2) is 9.14. The third-order valence-electron chi connectivity index (χ3n) is 4.02. The first-order valence-corrected chi connectivity index (χ1v) is 9.66. The maximum absolute atomic E-state index is 12.4. The molecule has 0 spiro atoms. The zero-order valence-electron chi connectivity index (χ0n) is 15.7. The van der Waals surface area contributed by atoms with Gasteiger partial charge >= 0.3 is 0 Å². The maximum atomic E-state index is 12.4. The summed E-state index contributed by atoms with van der Waals surface area (Å²) in [6.07, 6.45) is 0.131. The number of aromatic nitrogens is 1. The molecule has 0 saturated heterocycles. The highest BCUT2D eigenvalue weighted by atomic mass is 32.1. The average molecular weight is 395 g/mol. The van der Waals surface area contributed by atoms with Crippen LogP contribution in [0.4, 0.5) is 0 Å². The van der Waals surface area contributed by atoms with Gasteiger partial charge in [0, 0.05) is 5.56 Å². The Labute approximate surface area is 167 Å². The number of hydrazine groups is 1. The molecule has 0 atom stereocenters. The van der Waals surface area contributed by atoms with Crippen LogP contribution in [0.3, 0.4) is 0 Å². The Morgan fingerprint density at radius 1 is 1.00 bits per heavy atom. The number of ether oxygens (including phenoxy) is 1. The molecule has 1 heterocycles. The first kappa shape index (κ1) is 19.6. The Morgan fingerprint density at radius 2 is 1.71 bits per heavy atom. The van der Waals surface area contributed by atoms with Crippen LogP contribution >= 0.6 is 11.3 Å². The smallest absolute Gasteiger partial charge is 0.281 e. The van der Waals surface area contributed by atoms with Crippen molar-refractivity contribution in [3.05, 3.63) is 70.7 Å². The molecule has 0 unspecified atom stereocenters. The monoisotopic (exact) mass is 395 g/mol. The van der Waals surface area contributed by atoms with Crippen LogP contribution in [-0.2, 0) is 4.79 Å². The second-order valence-corrected chi connectivity index (χ2v) is 7.16. The summed E-state index contributed by atoms with van der Waals surface area (Å²) < 4.78 is 5.59. The van der Waals surface area contributed by atoms with E-state index in [1.165, 1.54) is 11.3 Å². The van der Waals surface area contributed by atoms with Crippen LogP contribution in [0, 0.1) is 13.8 Å². The van der Waals surface area contributed by atoms with Crippen molar-refractivity contribution in [2.75, 3.05) is 6.61 Å². The minimum Gasteiger partial charge on any atom is -0.493 e. The SMILES string of the molecule is Cc1ccccc1OCCC(=O)NNC(=O)c1sc(-c2ccccc2)nc1C. The van der Waals surface area contributed by atoms with E-state index in [0.29, 0.717) is 10.6 Å². The van der Waals surface area contributed by atoms with Gasteiger partial charge in [0.1, 0.15) is 15.6 Å². The number of hydrogen-bond acceptors (Lipinski definition) is 5. The average Bonchev–Trinajstić information content (AvgIpc) is 3.10. The van der Waals surface area contributed by atoms with Crippen LogP contribution in [0.15, 0.2) is 54.6 Å². The number of thiazole rings is 1. The van der Waals surface area contributed by atoms with Crippen LogP contribution in [0.25, 0.3) is 10.6 Å². The summed E-state index contributed by atoms with van der Waals surface area (Å²) in [6, 6.07) is 17.2. The fourth-order valence-electron chi connectivity index (χ4n) is 2.53. The van der Waals surface area contributed by atoms with Crippen molar-refractivity contribution in [3.8, 4) is 16.3 Å². The van der Waals surface area contributed by atoms with Crippen LogP contribution in [-0.4, -0.2) is 23.4 Å². The Morgan fingerprint density at radius 3 is 2.46 bits per heavy atom. The van der Waals surface area contributed by atoms with Crippen LogP contribution < -0.4 is 15.6 Å². The van der Waals surface area contributed by atoms with E-state index in [2.05, 4.69) is 15.8 Å². The summed E-state index contributed by atoms with van der Waals surface area (Å²) in [5.41, 5.74) is 7.44. The van der Waals surface area contributed by atoms with Crippen molar-refractivity contribution in [3.63, 3.8) is 0 Å². The molecule has 0 saturated carbocycles. The van der Waals surface area contributed by atoms with Crippen molar-refractivity contribution in [1.82, 2.24) is 15.8 Å². The van der Waals surface area contributed by atoms with Gasteiger partial charge in [0.05, 0.1) is 18.7 Å². The first-order chi connectivity index (χ1) is 13.5. The number of amides is 2. The summed E-state index contributed by atoms with van der Waals surface area (Å²) in [6.45, 7) is 3.94. The summed E-state index contributed by atoms with van der Waals surface area (Å²) >= 11 is 1.29. The molecule has 0 aliphatic rings. The summed E-state index contributed by atoms with van der Waals surface area (Å²) in [4.78, 5) is 29.2. The molecular weight excluding hydrogens is 374 g/mol. The third-order valence-corrected chi connectivity index (χ3v) is 5.22. The minimum absolute atomic E-state index is 0.131. The molecule has 28 heavy (non-hydrogen) atoms. The molecule has 0 radical (unpaired) electrons. The van der Waals surface area contributed by atoms with E-state index >= 15 is 0 Å². The van der Waals surface area contributed by atoms with Gasteiger partial charge in [-0.1, -0.05) is 48.5 Å². The molecule has 2 aromatic carbocycles. The number of para-hydroxylation sites is 1. The van der Waals surface area contributed by atoms with Gasteiger partial charge in [0.2, 0.25) is 5.91 Å². The van der Waals surface area contributed by atoms with Gasteiger partial charge in [-0.15, -0.1) is 11.3 Å². The van der Waals surface area contributed by atoms with Crippen molar-refractivity contribution >= 4 is 23.2 Å². The standard InChI is InChI=1S/C21H21N3O3S/c1-14-8-6-7-11-17(14)27-13-12-18(25)23-24-20(26)19-15(2)22-21(28-19)16-9-4-3-5-10-16/h3-11H,12-13H2,1-2H3,(H,23,25)(H,24,26). The number of nitrogens with one attached hydrogen (secondary N) is 2. The third kappa shape index (κ3) is 4.95. The second-order valence-electron chi connectivity index (χ2n) is 6.17. The summed E-state index contributed by atoms with van der Waals surface area (Å²) in [5.74, 6) is 0.0331. The van der Waals surface area contributed by atoms with E-state index in [-0.39, 0.29) is 24.8 Å². The highest BCUT2D eigenvalue weighted by Crippen LogP contribution is 2.27. The Hall–Kier alpha value is -3.19. The molecule has 1 aromatic heterocycles. The van der Waals surface area contributed by atoms with Gasteiger partial charge in [-0.3, -0.25) is 20.4 Å². The number of benzene rings is 2. The van der Waals surface area contributed by atoms with Crippen LogP contribution in [0.1, 0.15) is 27.3 Å². The zero-order valence-corrected chi connectivity index (χ0v) is 16.5. The molecular formula is C21H21N3O3S. The zero-order chi connectivity index (χ0) is 19.9. The highest BCUT2D eigenvalue weighted by Gasteiger charge is 2.16.